The van der Waals surface area contributed by atoms with E-state index in [2.05, 4.69) is 11.4 Å². The molecule has 0 saturated heterocycles. The molecule has 1 fully saturated rings. The van der Waals surface area contributed by atoms with E-state index in [0.717, 1.165) is 24.1 Å². The highest BCUT2D eigenvalue weighted by Crippen LogP contribution is 2.39. The first-order valence-corrected chi connectivity index (χ1v) is 6.77. The fourth-order valence-corrected chi connectivity index (χ4v) is 2.71. The Morgan fingerprint density at radius 2 is 1.90 bits per heavy atom. The van der Waals surface area contributed by atoms with Crippen LogP contribution in [0.3, 0.4) is 0 Å². The van der Waals surface area contributed by atoms with E-state index in [1.807, 2.05) is 30.3 Å². The summed E-state index contributed by atoms with van der Waals surface area (Å²) in [5.74, 6) is 0.190. The number of benzene rings is 2. The molecule has 0 radical (unpaired) electrons. The van der Waals surface area contributed by atoms with Crippen molar-refractivity contribution in [2.75, 3.05) is 5.32 Å². The van der Waals surface area contributed by atoms with Crippen LogP contribution in [0.4, 0.5) is 10.1 Å². The minimum absolute atomic E-state index is 0.109. The molecule has 0 spiro atoms. The highest BCUT2D eigenvalue weighted by molar-refractivity contribution is 5.50. The largest absolute Gasteiger partial charge is 0.382 e. The van der Waals surface area contributed by atoms with Gasteiger partial charge in [0.25, 0.3) is 0 Å². The summed E-state index contributed by atoms with van der Waals surface area (Å²) in [7, 11) is 0. The van der Waals surface area contributed by atoms with Crippen molar-refractivity contribution in [2.24, 2.45) is 0 Å². The molecule has 0 unspecified atom stereocenters. The molecule has 3 rings (SSSR count). The molecule has 100 valence electrons. The summed E-state index contributed by atoms with van der Waals surface area (Å²) >= 11 is 0. The van der Waals surface area contributed by atoms with Crippen molar-refractivity contribution >= 4 is 5.69 Å². The Morgan fingerprint density at radius 3 is 2.65 bits per heavy atom. The molecule has 2 aromatic rings. The van der Waals surface area contributed by atoms with E-state index in [-0.39, 0.29) is 5.82 Å². The second-order valence-corrected chi connectivity index (χ2v) is 5.22. The zero-order valence-corrected chi connectivity index (χ0v) is 11.0. The predicted octanol–water partition coefficient (Wildman–Crippen LogP) is 4.06. The number of rotatable bonds is 3. The van der Waals surface area contributed by atoms with Crippen LogP contribution < -0.4 is 5.32 Å². The Bertz CT molecular complexity index is 654. The Labute approximate surface area is 117 Å². The number of hydrogen-bond donors (Lipinski definition) is 1. The summed E-state index contributed by atoms with van der Waals surface area (Å²) in [5.41, 5.74) is 2.43. The van der Waals surface area contributed by atoms with Crippen molar-refractivity contribution in [3.8, 4) is 6.07 Å². The van der Waals surface area contributed by atoms with Gasteiger partial charge in [-0.2, -0.15) is 5.26 Å². The van der Waals surface area contributed by atoms with Crippen molar-refractivity contribution < 1.29 is 4.39 Å². The van der Waals surface area contributed by atoms with Gasteiger partial charge in [-0.25, -0.2) is 4.39 Å². The number of nitrogens with one attached hydrogen (secondary N) is 1. The third-order valence-corrected chi connectivity index (χ3v) is 3.85. The van der Waals surface area contributed by atoms with Crippen LogP contribution in [0.5, 0.6) is 0 Å². The van der Waals surface area contributed by atoms with Crippen LogP contribution >= 0.6 is 0 Å². The first-order valence-electron chi connectivity index (χ1n) is 6.77. The van der Waals surface area contributed by atoms with E-state index in [4.69, 9.17) is 5.26 Å². The molecule has 2 nitrogen and oxygen atoms in total. The first kappa shape index (κ1) is 12.7. The lowest BCUT2D eigenvalue weighted by Crippen LogP contribution is -2.34. The molecule has 1 N–H and O–H groups in total. The van der Waals surface area contributed by atoms with E-state index in [1.54, 1.807) is 12.1 Å². The van der Waals surface area contributed by atoms with Gasteiger partial charge in [0.15, 0.2) is 0 Å². The van der Waals surface area contributed by atoms with Crippen molar-refractivity contribution in [1.29, 1.82) is 5.26 Å². The molecular formula is C17H15FN2. The molecule has 0 aliphatic heterocycles. The SMILES string of the molecule is N#Cc1cccc(NC2CC(c3ccccc3F)C2)c1. The number of nitrogens with zero attached hydrogens (tertiary/aromatic N) is 1. The van der Waals surface area contributed by atoms with Gasteiger partial charge in [0.2, 0.25) is 0 Å². The smallest absolute Gasteiger partial charge is 0.126 e. The van der Waals surface area contributed by atoms with Gasteiger partial charge in [-0.3, -0.25) is 0 Å². The molecule has 0 heterocycles. The summed E-state index contributed by atoms with van der Waals surface area (Å²) in [5, 5.41) is 12.3. The lowest BCUT2D eigenvalue weighted by atomic mass is 9.75. The van der Waals surface area contributed by atoms with Crippen LogP contribution in [0.15, 0.2) is 48.5 Å². The zero-order chi connectivity index (χ0) is 13.9. The highest BCUT2D eigenvalue weighted by Gasteiger charge is 2.31. The van der Waals surface area contributed by atoms with Gasteiger partial charge >= 0.3 is 0 Å². The third kappa shape index (κ3) is 2.50. The number of nitriles is 1. The van der Waals surface area contributed by atoms with Crippen LogP contribution in [0.1, 0.15) is 29.9 Å². The maximum absolute atomic E-state index is 13.7. The number of halogens is 1. The standard InChI is InChI=1S/C17H15FN2/c18-17-7-2-1-6-16(17)13-9-15(10-13)20-14-5-3-4-12(8-14)11-19/h1-8,13,15,20H,9-10H2. The average Bonchev–Trinajstić information content (AvgIpc) is 2.44. The molecule has 20 heavy (non-hydrogen) atoms. The summed E-state index contributed by atoms with van der Waals surface area (Å²) in [6, 6.07) is 16.9. The normalized spacial score (nSPS) is 20.8. The topological polar surface area (TPSA) is 35.8 Å². The van der Waals surface area contributed by atoms with Crippen LogP contribution in [0.25, 0.3) is 0 Å². The highest BCUT2D eigenvalue weighted by atomic mass is 19.1. The zero-order valence-electron chi connectivity index (χ0n) is 11.0. The van der Waals surface area contributed by atoms with Crippen LogP contribution in [0, 0.1) is 17.1 Å². The molecule has 1 aliphatic carbocycles. The maximum atomic E-state index is 13.7. The van der Waals surface area contributed by atoms with Gasteiger partial charge in [-0.1, -0.05) is 24.3 Å². The Balaban J connectivity index is 1.61. The summed E-state index contributed by atoms with van der Waals surface area (Å²) in [4.78, 5) is 0. The molecule has 2 aromatic carbocycles. The monoisotopic (exact) mass is 266 g/mol. The first-order chi connectivity index (χ1) is 9.76. The minimum Gasteiger partial charge on any atom is -0.382 e. The molecular weight excluding hydrogens is 251 g/mol. The molecule has 0 bridgehead atoms. The second kappa shape index (κ2) is 5.34. The van der Waals surface area contributed by atoms with Crippen LogP contribution in [-0.4, -0.2) is 6.04 Å². The molecule has 1 saturated carbocycles. The van der Waals surface area contributed by atoms with Crippen molar-refractivity contribution in [3.05, 3.63) is 65.5 Å². The molecule has 0 amide bonds. The van der Waals surface area contributed by atoms with Gasteiger partial charge in [-0.05, 0) is 48.6 Å². The van der Waals surface area contributed by atoms with Crippen molar-refractivity contribution in [1.82, 2.24) is 0 Å². The third-order valence-electron chi connectivity index (χ3n) is 3.85. The van der Waals surface area contributed by atoms with E-state index >= 15 is 0 Å². The molecule has 0 aromatic heterocycles. The quantitative estimate of drug-likeness (QED) is 0.909. The fraction of sp³-hybridized carbons (Fsp3) is 0.235. The van der Waals surface area contributed by atoms with Crippen molar-refractivity contribution in [2.45, 2.75) is 24.8 Å². The number of hydrogen-bond acceptors (Lipinski definition) is 2. The van der Waals surface area contributed by atoms with Gasteiger partial charge < -0.3 is 5.32 Å². The lowest BCUT2D eigenvalue weighted by Gasteiger charge is -2.37. The van der Waals surface area contributed by atoms with Gasteiger partial charge in [0, 0.05) is 11.7 Å². The van der Waals surface area contributed by atoms with Gasteiger partial charge in [0.05, 0.1) is 11.6 Å². The molecule has 1 aliphatic rings. The van der Waals surface area contributed by atoms with E-state index in [0.29, 0.717) is 17.5 Å². The van der Waals surface area contributed by atoms with Crippen molar-refractivity contribution in [3.63, 3.8) is 0 Å². The maximum Gasteiger partial charge on any atom is 0.126 e. The number of anilines is 1. The molecule has 3 heteroatoms. The molecule has 0 atom stereocenters. The summed E-state index contributed by atoms with van der Waals surface area (Å²) in [6.07, 6.45) is 1.86. The Hall–Kier alpha value is -2.34. The lowest BCUT2D eigenvalue weighted by molar-refractivity contribution is 0.363. The minimum atomic E-state index is -0.109. The average molecular weight is 266 g/mol. The Kier molecular flexibility index (Phi) is 3.39. The van der Waals surface area contributed by atoms with E-state index in [9.17, 15) is 4.39 Å². The fourth-order valence-electron chi connectivity index (χ4n) is 2.71. The van der Waals surface area contributed by atoms with E-state index < -0.39 is 0 Å². The second-order valence-electron chi connectivity index (χ2n) is 5.22. The Morgan fingerprint density at radius 1 is 1.10 bits per heavy atom. The van der Waals surface area contributed by atoms with Crippen LogP contribution in [-0.2, 0) is 0 Å². The summed E-state index contributed by atoms with van der Waals surface area (Å²) in [6.45, 7) is 0. The predicted molar refractivity (Wildman–Crippen MR) is 76.9 cm³/mol. The van der Waals surface area contributed by atoms with Gasteiger partial charge in [-0.15, -0.1) is 0 Å². The summed E-state index contributed by atoms with van der Waals surface area (Å²) < 4.78 is 13.7. The van der Waals surface area contributed by atoms with Gasteiger partial charge in [0.1, 0.15) is 5.82 Å². The van der Waals surface area contributed by atoms with E-state index in [1.165, 1.54) is 6.07 Å². The van der Waals surface area contributed by atoms with Crippen LogP contribution in [0.2, 0.25) is 0 Å².